The van der Waals surface area contributed by atoms with Crippen LogP contribution in [0.3, 0.4) is 0 Å². The van der Waals surface area contributed by atoms with E-state index in [-0.39, 0.29) is 23.7 Å². The van der Waals surface area contributed by atoms with Crippen molar-refractivity contribution in [2.45, 2.75) is 31.7 Å². The summed E-state index contributed by atoms with van der Waals surface area (Å²) in [5, 5.41) is 11.8. The molecule has 0 unspecified atom stereocenters. The highest BCUT2D eigenvalue weighted by Gasteiger charge is 2.62. The fourth-order valence-electron chi connectivity index (χ4n) is 5.65. The van der Waals surface area contributed by atoms with Gasteiger partial charge in [-0.25, -0.2) is 0 Å². The van der Waals surface area contributed by atoms with Crippen LogP contribution in [0.4, 0.5) is 0 Å². The van der Waals surface area contributed by atoms with E-state index in [0.29, 0.717) is 0 Å². The summed E-state index contributed by atoms with van der Waals surface area (Å²) in [6, 6.07) is 14.7. The molecule has 0 spiro atoms. The van der Waals surface area contributed by atoms with Gasteiger partial charge in [-0.3, -0.25) is 14.5 Å². The van der Waals surface area contributed by atoms with Crippen molar-refractivity contribution in [3.8, 4) is 0 Å². The Morgan fingerprint density at radius 2 is 1.18 bits per heavy atom. The minimum absolute atomic E-state index is 0.224. The number of carbonyl (C=O) groups excluding carboxylic acids is 3. The molecule has 0 saturated carbocycles. The molecule has 2 amide bonds. The van der Waals surface area contributed by atoms with Crippen molar-refractivity contribution in [2.24, 2.45) is 17.8 Å². The van der Waals surface area contributed by atoms with Crippen molar-refractivity contribution >= 4 is 17.8 Å². The van der Waals surface area contributed by atoms with E-state index in [4.69, 9.17) is 0 Å². The number of rotatable bonds is 3. The van der Waals surface area contributed by atoms with Gasteiger partial charge in [0.25, 0.3) is 0 Å². The number of benzene rings is 2. The molecule has 5 nitrogen and oxygen atoms in total. The van der Waals surface area contributed by atoms with E-state index in [0.717, 1.165) is 27.2 Å². The smallest absolute Gasteiger partial charge is 0.234 e. The molecule has 2 bridgehead atoms. The first-order chi connectivity index (χ1) is 13.4. The van der Waals surface area contributed by atoms with E-state index < -0.39 is 29.8 Å². The van der Waals surface area contributed by atoms with Crippen molar-refractivity contribution in [2.75, 3.05) is 0 Å². The SMILES string of the molecule is CC(C)[C@@H](C(=O)[O-])N1C(=O)[C@H]2C3c4ccccc4C(c4ccccc43)[C@@H]2C1=O. The van der Waals surface area contributed by atoms with Gasteiger partial charge in [-0.1, -0.05) is 62.4 Å². The van der Waals surface area contributed by atoms with Gasteiger partial charge in [-0.05, 0) is 28.2 Å². The highest BCUT2D eigenvalue weighted by molar-refractivity contribution is 6.09. The van der Waals surface area contributed by atoms with Gasteiger partial charge in [0.15, 0.2) is 0 Å². The third kappa shape index (κ3) is 1.99. The van der Waals surface area contributed by atoms with E-state index in [9.17, 15) is 19.5 Å². The number of carbonyl (C=O) groups is 3. The molecule has 1 fully saturated rings. The zero-order chi connectivity index (χ0) is 19.7. The summed E-state index contributed by atoms with van der Waals surface area (Å²) >= 11 is 0. The molecule has 28 heavy (non-hydrogen) atoms. The fourth-order valence-corrected chi connectivity index (χ4v) is 5.65. The van der Waals surface area contributed by atoms with Gasteiger partial charge in [0.05, 0.1) is 23.8 Å². The average molecular weight is 374 g/mol. The number of imide groups is 1. The number of hydrogen-bond acceptors (Lipinski definition) is 4. The Labute approximate surface area is 163 Å². The maximum Gasteiger partial charge on any atom is 0.234 e. The average Bonchev–Trinajstić information content (AvgIpc) is 2.93. The molecule has 0 N–H and O–H groups in total. The van der Waals surface area contributed by atoms with Crippen molar-refractivity contribution in [3.63, 3.8) is 0 Å². The van der Waals surface area contributed by atoms with Crippen LogP contribution in [0, 0.1) is 17.8 Å². The van der Waals surface area contributed by atoms with Crippen LogP contribution in [0.1, 0.15) is 47.9 Å². The lowest BCUT2D eigenvalue weighted by Crippen LogP contribution is -2.53. The molecule has 142 valence electrons. The van der Waals surface area contributed by atoms with Gasteiger partial charge in [0.1, 0.15) is 0 Å². The summed E-state index contributed by atoms with van der Waals surface area (Å²) in [7, 11) is 0. The Bertz CT molecular complexity index is 911. The molecule has 3 atom stereocenters. The number of hydrogen-bond donors (Lipinski definition) is 0. The summed E-state index contributed by atoms with van der Waals surface area (Å²) in [6.45, 7) is 3.39. The molecule has 4 aliphatic rings. The minimum atomic E-state index is -1.38. The van der Waals surface area contributed by atoms with Gasteiger partial charge < -0.3 is 9.90 Å². The molecule has 0 aromatic heterocycles. The Hall–Kier alpha value is -2.95. The fraction of sp³-hybridized carbons (Fsp3) is 0.348. The van der Waals surface area contributed by atoms with Crippen molar-refractivity contribution in [1.82, 2.24) is 4.90 Å². The third-order valence-electron chi connectivity index (χ3n) is 6.63. The highest BCUT2D eigenvalue weighted by Crippen LogP contribution is 2.61. The predicted molar refractivity (Wildman–Crippen MR) is 99.0 cm³/mol. The van der Waals surface area contributed by atoms with E-state index in [1.54, 1.807) is 13.8 Å². The summed E-state index contributed by atoms with van der Waals surface area (Å²) in [4.78, 5) is 39.6. The molecular weight excluding hydrogens is 354 g/mol. The highest BCUT2D eigenvalue weighted by atomic mass is 16.4. The lowest BCUT2D eigenvalue weighted by Gasteiger charge is -2.45. The van der Waals surface area contributed by atoms with Crippen LogP contribution < -0.4 is 5.11 Å². The maximum absolute atomic E-state index is 13.4. The summed E-state index contributed by atoms with van der Waals surface area (Å²) in [6.07, 6.45) is 0. The van der Waals surface area contributed by atoms with Crippen LogP contribution in [0.2, 0.25) is 0 Å². The quantitative estimate of drug-likeness (QED) is 0.766. The normalized spacial score (nSPS) is 28.2. The van der Waals surface area contributed by atoms with Gasteiger partial charge in [0.2, 0.25) is 11.8 Å². The zero-order valence-electron chi connectivity index (χ0n) is 15.7. The summed E-state index contributed by atoms with van der Waals surface area (Å²) in [5.74, 6) is -4.10. The van der Waals surface area contributed by atoms with Crippen molar-refractivity contribution in [3.05, 3.63) is 70.8 Å². The minimum Gasteiger partial charge on any atom is -0.548 e. The van der Waals surface area contributed by atoms with Crippen LogP contribution in [0.25, 0.3) is 0 Å². The van der Waals surface area contributed by atoms with E-state index in [1.807, 2.05) is 48.5 Å². The second-order valence-corrected chi connectivity index (χ2v) is 8.32. The molecule has 1 saturated heterocycles. The van der Waals surface area contributed by atoms with E-state index in [1.165, 1.54) is 0 Å². The van der Waals surface area contributed by atoms with E-state index in [2.05, 4.69) is 0 Å². The Morgan fingerprint density at radius 1 is 0.821 bits per heavy atom. The lowest BCUT2D eigenvalue weighted by molar-refractivity contribution is -0.312. The monoisotopic (exact) mass is 374 g/mol. The van der Waals surface area contributed by atoms with Crippen LogP contribution in [0.15, 0.2) is 48.5 Å². The van der Waals surface area contributed by atoms with E-state index >= 15 is 0 Å². The molecule has 2 aromatic rings. The molecule has 6 rings (SSSR count). The molecule has 1 aliphatic heterocycles. The first kappa shape index (κ1) is 17.2. The number of nitrogens with zero attached hydrogens (tertiary/aromatic N) is 1. The zero-order valence-corrected chi connectivity index (χ0v) is 15.7. The maximum atomic E-state index is 13.4. The van der Waals surface area contributed by atoms with Gasteiger partial charge >= 0.3 is 0 Å². The largest absolute Gasteiger partial charge is 0.548 e. The number of amides is 2. The molecule has 5 heteroatoms. The molecule has 0 radical (unpaired) electrons. The van der Waals surface area contributed by atoms with Crippen LogP contribution >= 0.6 is 0 Å². The first-order valence-corrected chi connectivity index (χ1v) is 9.69. The summed E-state index contributed by atoms with van der Waals surface area (Å²) < 4.78 is 0. The standard InChI is InChI=1S/C23H21NO4/c1-11(2)20(23(27)28)24-21(25)18-16-12-7-3-4-8-13(12)17(19(18)22(24)26)15-10-6-5-9-14(15)16/h3-11,16-20H,1-2H3,(H,27,28)/p-1/t16?,17?,18-,19-,20-/m0/s1. The predicted octanol–water partition coefficient (Wildman–Crippen LogP) is 1.65. The summed E-state index contributed by atoms with van der Waals surface area (Å²) in [5.41, 5.74) is 4.30. The van der Waals surface area contributed by atoms with Crippen LogP contribution in [-0.4, -0.2) is 28.7 Å². The second-order valence-electron chi connectivity index (χ2n) is 8.32. The molecule has 1 heterocycles. The second kappa shape index (κ2) is 5.77. The van der Waals surface area contributed by atoms with Gasteiger partial charge in [0, 0.05) is 11.8 Å². The Balaban J connectivity index is 1.72. The van der Waals surface area contributed by atoms with Crippen LogP contribution in [0.5, 0.6) is 0 Å². The van der Waals surface area contributed by atoms with Crippen molar-refractivity contribution < 1.29 is 19.5 Å². The molecule has 2 aromatic carbocycles. The van der Waals surface area contributed by atoms with Gasteiger partial charge in [-0.15, -0.1) is 0 Å². The number of carboxylic acids is 1. The van der Waals surface area contributed by atoms with Crippen molar-refractivity contribution in [1.29, 1.82) is 0 Å². The van der Waals surface area contributed by atoms with Crippen LogP contribution in [-0.2, 0) is 14.4 Å². The van der Waals surface area contributed by atoms with Gasteiger partial charge in [-0.2, -0.15) is 0 Å². The third-order valence-corrected chi connectivity index (χ3v) is 6.63. The number of aliphatic carboxylic acids is 1. The first-order valence-electron chi connectivity index (χ1n) is 9.69. The lowest BCUT2D eigenvalue weighted by atomic mass is 9.55. The Morgan fingerprint density at radius 3 is 1.46 bits per heavy atom. The molecule has 3 aliphatic carbocycles. The topological polar surface area (TPSA) is 77.5 Å². The number of likely N-dealkylation sites (tertiary alicyclic amines) is 1. The molecular formula is C23H20NO4-. The Kier molecular flexibility index (Phi) is 3.54. The number of carboxylic acid groups (broad SMARTS) is 1.